The van der Waals surface area contributed by atoms with Gasteiger partial charge < -0.3 is 15.4 Å². The van der Waals surface area contributed by atoms with E-state index in [1.807, 2.05) is 6.07 Å². The van der Waals surface area contributed by atoms with Crippen molar-refractivity contribution in [2.24, 2.45) is 0 Å². The molecule has 0 aromatic heterocycles. The molecule has 1 atom stereocenters. The van der Waals surface area contributed by atoms with Gasteiger partial charge in [-0.25, -0.2) is 4.79 Å². The van der Waals surface area contributed by atoms with E-state index in [0.29, 0.717) is 23.9 Å². The lowest BCUT2D eigenvalue weighted by molar-refractivity contribution is 0.0526. The van der Waals surface area contributed by atoms with E-state index in [9.17, 15) is 4.79 Å². The summed E-state index contributed by atoms with van der Waals surface area (Å²) in [6.45, 7) is 5.43. The average molecular weight is 262 g/mol. The number of hydrogen-bond donors (Lipinski definition) is 1. The maximum absolute atomic E-state index is 11.7. The summed E-state index contributed by atoms with van der Waals surface area (Å²) < 4.78 is 4.98. The highest BCUT2D eigenvalue weighted by Gasteiger charge is 2.21. The molecule has 19 heavy (non-hydrogen) atoms. The van der Waals surface area contributed by atoms with Crippen LogP contribution in [-0.4, -0.2) is 25.2 Å². The molecule has 1 aliphatic heterocycles. The van der Waals surface area contributed by atoms with Crippen LogP contribution in [0.2, 0.25) is 0 Å². The third-order valence-corrected chi connectivity index (χ3v) is 3.65. The van der Waals surface area contributed by atoms with Crippen LogP contribution in [0.5, 0.6) is 0 Å². The topological polar surface area (TPSA) is 55.6 Å². The van der Waals surface area contributed by atoms with Crippen molar-refractivity contribution in [2.45, 2.75) is 39.2 Å². The maximum atomic E-state index is 11.7. The van der Waals surface area contributed by atoms with Crippen LogP contribution >= 0.6 is 0 Å². The molecule has 1 heterocycles. The first-order valence-corrected chi connectivity index (χ1v) is 6.96. The number of carbonyl (C=O) groups excluding carboxylic acids is 1. The van der Waals surface area contributed by atoms with Gasteiger partial charge in [-0.05, 0) is 51.3 Å². The summed E-state index contributed by atoms with van der Waals surface area (Å²) in [5.41, 5.74) is 8.30. The number of anilines is 2. The predicted octanol–water partition coefficient (Wildman–Crippen LogP) is 2.82. The van der Waals surface area contributed by atoms with Crippen molar-refractivity contribution in [2.75, 3.05) is 23.8 Å². The number of nitrogen functional groups attached to an aromatic ring is 1. The molecule has 0 radical (unpaired) electrons. The van der Waals surface area contributed by atoms with Gasteiger partial charge in [0.05, 0.1) is 23.5 Å². The largest absolute Gasteiger partial charge is 0.462 e. The van der Waals surface area contributed by atoms with Crippen molar-refractivity contribution >= 4 is 17.3 Å². The van der Waals surface area contributed by atoms with Crippen molar-refractivity contribution < 1.29 is 9.53 Å². The third-order valence-electron chi connectivity index (χ3n) is 3.65. The van der Waals surface area contributed by atoms with Crippen molar-refractivity contribution in [3.8, 4) is 0 Å². The number of ether oxygens (including phenoxy) is 1. The van der Waals surface area contributed by atoms with Crippen molar-refractivity contribution in [3.05, 3.63) is 23.8 Å². The fraction of sp³-hybridized carbons (Fsp3) is 0.533. The standard InChI is InChI=1S/C15H22N2O2/c1-3-19-15(18)12-7-8-14(13(16)10-12)17-9-5-4-6-11(17)2/h7-8,10-11H,3-6,9,16H2,1-2H3/t11-/m0/s1. The van der Waals surface area contributed by atoms with Crippen LogP contribution in [0.25, 0.3) is 0 Å². The molecule has 0 unspecified atom stereocenters. The highest BCUT2D eigenvalue weighted by atomic mass is 16.5. The smallest absolute Gasteiger partial charge is 0.338 e. The van der Waals surface area contributed by atoms with Gasteiger partial charge in [0.15, 0.2) is 0 Å². The van der Waals surface area contributed by atoms with Gasteiger partial charge in [-0.2, -0.15) is 0 Å². The van der Waals surface area contributed by atoms with Crippen LogP contribution in [0, 0.1) is 0 Å². The Hall–Kier alpha value is -1.71. The van der Waals surface area contributed by atoms with E-state index in [1.54, 1.807) is 19.1 Å². The summed E-state index contributed by atoms with van der Waals surface area (Å²) in [6.07, 6.45) is 3.67. The first-order chi connectivity index (χ1) is 9.13. The second-order valence-corrected chi connectivity index (χ2v) is 5.03. The second kappa shape index (κ2) is 5.95. The molecule has 0 saturated carbocycles. The van der Waals surface area contributed by atoms with Crippen LogP contribution < -0.4 is 10.6 Å². The molecule has 4 nitrogen and oxygen atoms in total. The summed E-state index contributed by atoms with van der Waals surface area (Å²) in [6, 6.07) is 5.95. The Balaban J connectivity index is 2.21. The van der Waals surface area contributed by atoms with Gasteiger partial charge in [0.25, 0.3) is 0 Å². The fourth-order valence-electron chi connectivity index (χ4n) is 2.61. The molecule has 1 aliphatic rings. The molecule has 0 spiro atoms. The lowest BCUT2D eigenvalue weighted by Gasteiger charge is -2.36. The molecule has 2 N–H and O–H groups in total. The minimum atomic E-state index is -0.313. The van der Waals surface area contributed by atoms with E-state index in [1.165, 1.54) is 19.3 Å². The van der Waals surface area contributed by atoms with Gasteiger partial charge in [-0.1, -0.05) is 0 Å². The highest BCUT2D eigenvalue weighted by Crippen LogP contribution is 2.30. The Morgan fingerprint density at radius 2 is 2.26 bits per heavy atom. The average Bonchev–Trinajstić information content (AvgIpc) is 2.40. The number of nitrogens with two attached hydrogens (primary N) is 1. The van der Waals surface area contributed by atoms with E-state index in [2.05, 4.69) is 11.8 Å². The molecular weight excluding hydrogens is 240 g/mol. The summed E-state index contributed by atoms with van der Waals surface area (Å²) >= 11 is 0. The SMILES string of the molecule is CCOC(=O)c1ccc(N2CCCC[C@@H]2C)c(N)c1. The Morgan fingerprint density at radius 3 is 2.89 bits per heavy atom. The lowest BCUT2D eigenvalue weighted by Crippen LogP contribution is -2.37. The maximum Gasteiger partial charge on any atom is 0.338 e. The van der Waals surface area contributed by atoms with E-state index in [4.69, 9.17) is 10.5 Å². The number of esters is 1. The zero-order valence-corrected chi connectivity index (χ0v) is 11.7. The molecule has 0 amide bonds. The van der Waals surface area contributed by atoms with Crippen molar-refractivity contribution in [1.29, 1.82) is 0 Å². The number of hydrogen-bond acceptors (Lipinski definition) is 4. The molecule has 1 fully saturated rings. The third kappa shape index (κ3) is 3.00. The quantitative estimate of drug-likeness (QED) is 0.672. The monoisotopic (exact) mass is 262 g/mol. The van der Waals surface area contributed by atoms with Crippen LogP contribution in [0.3, 0.4) is 0 Å². The van der Waals surface area contributed by atoms with Crippen molar-refractivity contribution in [3.63, 3.8) is 0 Å². The number of benzene rings is 1. The van der Waals surface area contributed by atoms with Gasteiger partial charge in [-0.3, -0.25) is 0 Å². The van der Waals surface area contributed by atoms with E-state index in [-0.39, 0.29) is 5.97 Å². The van der Waals surface area contributed by atoms with E-state index in [0.717, 1.165) is 12.2 Å². The van der Waals surface area contributed by atoms with Gasteiger partial charge in [0.1, 0.15) is 0 Å². The minimum absolute atomic E-state index is 0.313. The first-order valence-electron chi connectivity index (χ1n) is 6.96. The normalized spacial score (nSPS) is 19.3. The zero-order chi connectivity index (χ0) is 13.8. The Bertz CT molecular complexity index is 459. The second-order valence-electron chi connectivity index (χ2n) is 5.03. The summed E-state index contributed by atoms with van der Waals surface area (Å²) in [7, 11) is 0. The number of piperidine rings is 1. The van der Waals surface area contributed by atoms with Gasteiger partial charge in [0.2, 0.25) is 0 Å². The molecule has 2 rings (SSSR count). The van der Waals surface area contributed by atoms with Crippen LogP contribution in [0.1, 0.15) is 43.5 Å². The van der Waals surface area contributed by atoms with Gasteiger partial charge >= 0.3 is 5.97 Å². The summed E-state index contributed by atoms with van der Waals surface area (Å²) in [4.78, 5) is 14.0. The zero-order valence-electron chi connectivity index (χ0n) is 11.7. The van der Waals surface area contributed by atoms with Crippen LogP contribution in [0.4, 0.5) is 11.4 Å². The molecular formula is C15H22N2O2. The number of rotatable bonds is 3. The molecule has 1 saturated heterocycles. The number of carbonyl (C=O) groups is 1. The van der Waals surface area contributed by atoms with E-state index < -0.39 is 0 Å². The minimum Gasteiger partial charge on any atom is -0.462 e. The number of nitrogens with zero attached hydrogens (tertiary/aromatic N) is 1. The predicted molar refractivity (Wildman–Crippen MR) is 77.5 cm³/mol. The summed E-state index contributed by atoms with van der Waals surface area (Å²) in [5.74, 6) is -0.313. The molecule has 1 aromatic rings. The Kier molecular flexibility index (Phi) is 4.30. The summed E-state index contributed by atoms with van der Waals surface area (Å²) in [5, 5.41) is 0. The fourth-order valence-corrected chi connectivity index (χ4v) is 2.61. The van der Waals surface area contributed by atoms with Gasteiger partial charge in [-0.15, -0.1) is 0 Å². The molecule has 0 bridgehead atoms. The Labute approximate surface area is 114 Å². The van der Waals surface area contributed by atoms with E-state index >= 15 is 0 Å². The molecule has 0 aliphatic carbocycles. The molecule has 1 aromatic carbocycles. The molecule has 4 heteroatoms. The first kappa shape index (κ1) is 13.7. The van der Waals surface area contributed by atoms with Crippen molar-refractivity contribution in [1.82, 2.24) is 0 Å². The molecule has 104 valence electrons. The highest BCUT2D eigenvalue weighted by molar-refractivity contribution is 5.92. The van der Waals surface area contributed by atoms with Gasteiger partial charge in [0, 0.05) is 12.6 Å². The Morgan fingerprint density at radius 1 is 1.47 bits per heavy atom. The lowest BCUT2D eigenvalue weighted by atomic mass is 10.0. The van der Waals surface area contributed by atoms with Crippen LogP contribution in [0.15, 0.2) is 18.2 Å². The van der Waals surface area contributed by atoms with Crippen LogP contribution in [-0.2, 0) is 4.74 Å².